The molecule has 0 spiro atoms. The molecule has 5 amide bonds. The molecule has 15 heteroatoms. The van der Waals surface area contributed by atoms with Gasteiger partial charge >= 0.3 is 5.97 Å². The number of nitrogens with one attached hydrogen (secondary N) is 4. The fourth-order valence-corrected chi connectivity index (χ4v) is 5.91. The largest absolute Gasteiger partial charge is 0.480 e. The summed E-state index contributed by atoms with van der Waals surface area (Å²) >= 11 is 0. The highest BCUT2D eigenvalue weighted by atomic mass is 16.4. The third-order valence-electron chi connectivity index (χ3n) is 8.75. The maximum absolute atomic E-state index is 14.3. The van der Waals surface area contributed by atoms with E-state index in [1.807, 2.05) is 38.1 Å². The molecular formula is C36H58N8O7. The molecule has 0 radical (unpaired) electrons. The van der Waals surface area contributed by atoms with E-state index in [1.165, 1.54) is 17.9 Å². The Morgan fingerprint density at radius 2 is 1.35 bits per heavy atom. The van der Waals surface area contributed by atoms with Gasteiger partial charge in [-0.1, -0.05) is 44.2 Å². The summed E-state index contributed by atoms with van der Waals surface area (Å²) in [5, 5.41) is 20.6. The number of rotatable bonds is 22. The molecule has 0 fully saturated rings. The lowest BCUT2D eigenvalue weighted by Crippen LogP contribution is -2.61. The molecule has 1 heterocycles. The minimum Gasteiger partial charge on any atom is -0.480 e. The molecule has 51 heavy (non-hydrogen) atoms. The highest BCUT2D eigenvalue weighted by Crippen LogP contribution is 2.25. The van der Waals surface area contributed by atoms with Gasteiger partial charge in [0.2, 0.25) is 29.5 Å². The van der Waals surface area contributed by atoms with Gasteiger partial charge in [-0.05, 0) is 88.4 Å². The van der Waals surface area contributed by atoms with Gasteiger partial charge in [0, 0.05) is 13.0 Å². The van der Waals surface area contributed by atoms with Crippen molar-refractivity contribution in [3.8, 4) is 0 Å². The summed E-state index contributed by atoms with van der Waals surface area (Å²) in [5.41, 5.74) is 18.7. The van der Waals surface area contributed by atoms with Crippen molar-refractivity contribution in [2.45, 2.75) is 121 Å². The molecule has 0 aromatic heterocycles. The first-order chi connectivity index (χ1) is 24.2. The molecule has 0 unspecified atom stereocenters. The molecule has 0 bridgehead atoms. The van der Waals surface area contributed by atoms with Crippen LogP contribution in [0.1, 0.15) is 83.3 Å². The summed E-state index contributed by atoms with van der Waals surface area (Å²) in [6.07, 6.45) is 4.55. The third kappa shape index (κ3) is 13.7. The monoisotopic (exact) mass is 714 g/mol. The number of carbonyl (C=O) groups is 6. The first-order valence-electron chi connectivity index (χ1n) is 17.8. The van der Waals surface area contributed by atoms with Crippen molar-refractivity contribution in [2.75, 3.05) is 13.1 Å². The fraction of sp³-hybridized carbons (Fsp3) is 0.611. The number of aliphatic carboxylic acids is 1. The van der Waals surface area contributed by atoms with Gasteiger partial charge < -0.3 is 48.5 Å². The number of carboxylic acids is 1. The standard InChI is InChI=1S/C36H58N8O7/c1-5-12-28(42-33(47)27(16-9-11-18-38)41-32(46)26(15-8-10-17-37)40-31(45)23(4)39)35(49)44-21-25-14-7-6-13-24(25)20-30(44)34(48)43-29(36(50)51)19-22(2)3/h5-7,13-14,22-23,26-30H,1,8-12,15-21,37-39H2,2-4H3,(H,40,45)(H,41,46)(H,42,47)(H,43,48)(H,50,51)/t23-,26-,27-,28-,29-,30-/m0/s1. The molecule has 1 aromatic rings. The van der Waals surface area contributed by atoms with Crippen LogP contribution in [-0.2, 0) is 41.7 Å². The topological polar surface area (TPSA) is 252 Å². The first kappa shape index (κ1) is 42.8. The minimum absolute atomic E-state index is 0.0107. The van der Waals surface area contributed by atoms with Crippen molar-refractivity contribution in [3.63, 3.8) is 0 Å². The number of amides is 5. The van der Waals surface area contributed by atoms with E-state index in [2.05, 4.69) is 27.8 Å². The average Bonchev–Trinajstić information content (AvgIpc) is 3.08. The molecule has 15 nitrogen and oxygen atoms in total. The Hall–Kier alpha value is -4.34. The number of nitrogens with zero attached hydrogens (tertiary/aromatic N) is 1. The number of nitrogens with two attached hydrogens (primary N) is 3. The van der Waals surface area contributed by atoms with E-state index >= 15 is 0 Å². The molecule has 1 aliphatic rings. The molecule has 0 saturated carbocycles. The number of carboxylic acid groups (broad SMARTS) is 1. The molecule has 1 aliphatic heterocycles. The number of benzene rings is 1. The van der Waals surface area contributed by atoms with Crippen LogP contribution in [-0.4, -0.2) is 94.9 Å². The Kier molecular flexibility index (Phi) is 18.3. The van der Waals surface area contributed by atoms with Gasteiger partial charge in [-0.25, -0.2) is 4.79 Å². The van der Waals surface area contributed by atoms with E-state index in [-0.39, 0.29) is 44.6 Å². The second kappa shape index (κ2) is 21.8. The van der Waals surface area contributed by atoms with Crippen molar-refractivity contribution in [2.24, 2.45) is 23.1 Å². The summed E-state index contributed by atoms with van der Waals surface area (Å²) < 4.78 is 0. The lowest BCUT2D eigenvalue weighted by atomic mass is 9.92. The Morgan fingerprint density at radius 3 is 1.84 bits per heavy atom. The lowest BCUT2D eigenvalue weighted by molar-refractivity contribution is -0.147. The van der Waals surface area contributed by atoms with Crippen LogP contribution in [0.15, 0.2) is 36.9 Å². The van der Waals surface area contributed by atoms with Crippen LogP contribution < -0.4 is 38.5 Å². The molecule has 6 atom stereocenters. The molecule has 1 aromatic carbocycles. The van der Waals surface area contributed by atoms with Crippen molar-refractivity contribution >= 4 is 35.5 Å². The molecule has 11 N–H and O–H groups in total. The zero-order chi connectivity index (χ0) is 38.1. The molecule has 2 rings (SSSR count). The summed E-state index contributed by atoms with van der Waals surface area (Å²) in [5.74, 6) is -4.11. The Morgan fingerprint density at radius 1 is 0.824 bits per heavy atom. The van der Waals surface area contributed by atoms with Gasteiger partial charge in [0.25, 0.3) is 0 Å². The molecule has 0 saturated heterocycles. The van der Waals surface area contributed by atoms with Crippen molar-refractivity contribution < 1.29 is 33.9 Å². The summed E-state index contributed by atoms with van der Waals surface area (Å²) in [6, 6.07) is 1.09. The van der Waals surface area contributed by atoms with E-state index in [0.717, 1.165) is 11.1 Å². The summed E-state index contributed by atoms with van der Waals surface area (Å²) in [7, 11) is 0. The van der Waals surface area contributed by atoms with Gasteiger partial charge in [0.05, 0.1) is 6.04 Å². The lowest BCUT2D eigenvalue weighted by Gasteiger charge is -2.38. The van der Waals surface area contributed by atoms with E-state index in [4.69, 9.17) is 17.2 Å². The maximum Gasteiger partial charge on any atom is 0.326 e. The minimum atomic E-state index is -1.18. The number of carbonyl (C=O) groups excluding carboxylic acids is 5. The van der Waals surface area contributed by atoms with Crippen LogP contribution >= 0.6 is 0 Å². The van der Waals surface area contributed by atoms with Gasteiger partial charge in [-0.2, -0.15) is 0 Å². The van der Waals surface area contributed by atoms with E-state index < -0.39 is 71.8 Å². The van der Waals surface area contributed by atoms with Crippen molar-refractivity contribution in [1.29, 1.82) is 0 Å². The summed E-state index contributed by atoms with van der Waals surface area (Å²) in [6.45, 7) is 9.78. The van der Waals surface area contributed by atoms with Crippen molar-refractivity contribution in [3.05, 3.63) is 48.0 Å². The fourth-order valence-electron chi connectivity index (χ4n) is 5.91. The predicted octanol–water partition coefficient (Wildman–Crippen LogP) is 0.191. The van der Waals surface area contributed by atoms with Crippen LogP contribution in [0.5, 0.6) is 0 Å². The highest BCUT2D eigenvalue weighted by Gasteiger charge is 2.39. The quantitative estimate of drug-likeness (QED) is 0.0598. The van der Waals surface area contributed by atoms with E-state index in [0.29, 0.717) is 38.8 Å². The third-order valence-corrected chi connectivity index (χ3v) is 8.75. The van der Waals surface area contributed by atoms with Crippen LogP contribution in [0.4, 0.5) is 0 Å². The smallest absolute Gasteiger partial charge is 0.326 e. The van der Waals surface area contributed by atoms with Crippen molar-refractivity contribution in [1.82, 2.24) is 26.2 Å². The highest BCUT2D eigenvalue weighted by molar-refractivity contribution is 5.96. The van der Waals surface area contributed by atoms with Crippen LogP contribution in [0.2, 0.25) is 0 Å². The normalized spacial score (nSPS) is 16.8. The SMILES string of the molecule is C=CC[C@H](NC(=O)[C@H](CCCCN)NC(=O)[C@H](CCCCN)NC(=O)[C@H](C)N)C(=O)N1Cc2ccccc2C[C@H]1C(=O)N[C@@H](CC(C)C)C(=O)O. The Balaban J connectivity index is 2.38. The van der Waals surface area contributed by atoms with E-state index in [9.17, 15) is 33.9 Å². The zero-order valence-electron chi connectivity index (χ0n) is 30.2. The van der Waals surface area contributed by atoms with Gasteiger partial charge in [0.1, 0.15) is 30.2 Å². The Labute approximate surface area is 300 Å². The van der Waals surface area contributed by atoms with Gasteiger partial charge in [-0.15, -0.1) is 6.58 Å². The van der Waals surface area contributed by atoms with Gasteiger partial charge in [-0.3, -0.25) is 24.0 Å². The number of hydrogen-bond donors (Lipinski definition) is 8. The number of unbranched alkanes of at least 4 members (excludes halogenated alkanes) is 2. The number of hydrogen-bond acceptors (Lipinski definition) is 9. The van der Waals surface area contributed by atoms with Crippen LogP contribution in [0.3, 0.4) is 0 Å². The number of fused-ring (bicyclic) bond motifs is 1. The second-order valence-corrected chi connectivity index (χ2v) is 13.5. The summed E-state index contributed by atoms with van der Waals surface area (Å²) in [4.78, 5) is 81.1. The molecule has 0 aliphatic carbocycles. The van der Waals surface area contributed by atoms with Gasteiger partial charge in [0.15, 0.2) is 0 Å². The zero-order valence-corrected chi connectivity index (χ0v) is 30.2. The molecular weight excluding hydrogens is 656 g/mol. The van der Waals surface area contributed by atoms with Crippen LogP contribution in [0.25, 0.3) is 0 Å². The predicted molar refractivity (Wildman–Crippen MR) is 194 cm³/mol. The first-order valence-corrected chi connectivity index (χ1v) is 17.8. The average molecular weight is 715 g/mol. The van der Waals surface area contributed by atoms with Crippen LogP contribution in [0, 0.1) is 5.92 Å². The van der Waals surface area contributed by atoms with E-state index in [1.54, 1.807) is 0 Å². The Bertz CT molecular complexity index is 1350. The second-order valence-electron chi connectivity index (χ2n) is 13.5. The molecule has 284 valence electrons. The maximum atomic E-state index is 14.3.